The molecule has 0 saturated heterocycles. The predicted octanol–water partition coefficient (Wildman–Crippen LogP) is 3.13. The first-order valence-electron chi connectivity index (χ1n) is 7.51. The van der Waals surface area contributed by atoms with E-state index in [1.54, 1.807) is 13.0 Å². The summed E-state index contributed by atoms with van der Waals surface area (Å²) in [5, 5.41) is 22.4. The minimum Gasteiger partial charge on any atom is -0.358 e. The van der Waals surface area contributed by atoms with Crippen molar-refractivity contribution in [2.24, 2.45) is 0 Å². The van der Waals surface area contributed by atoms with Crippen LogP contribution in [0.5, 0.6) is 0 Å². The van der Waals surface area contributed by atoms with Crippen LogP contribution < -0.4 is 5.32 Å². The highest BCUT2D eigenvalue weighted by Gasteiger charge is 2.17. The molecule has 2 rings (SSSR count). The molecule has 130 valence electrons. The van der Waals surface area contributed by atoms with E-state index in [1.165, 1.54) is 22.5 Å². The zero-order chi connectivity index (χ0) is 18.4. The van der Waals surface area contributed by atoms with Crippen molar-refractivity contribution in [3.63, 3.8) is 0 Å². The van der Waals surface area contributed by atoms with E-state index in [0.29, 0.717) is 17.9 Å². The van der Waals surface area contributed by atoms with Gasteiger partial charge in [0, 0.05) is 23.5 Å². The molecule has 1 atom stereocenters. The Morgan fingerprint density at radius 3 is 2.88 bits per heavy atom. The van der Waals surface area contributed by atoms with E-state index in [0.717, 1.165) is 4.90 Å². The molecule has 0 fully saturated rings. The third kappa shape index (κ3) is 5.06. The van der Waals surface area contributed by atoms with Crippen LogP contribution in [0.1, 0.15) is 19.2 Å². The molecule has 0 aliphatic carbocycles. The lowest BCUT2D eigenvalue weighted by molar-refractivity contribution is -0.389. The first kappa shape index (κ1) is 18.5. The fourth-order valence-electron chi connectivity index (χ4n) is 2.14. The van der Waals surface area contributed by atoms with Crippen molar-refractivity contribution in [1.29, 1.82) is 5.26 Å². The van der Waals surface area contributed by atoms with Crippen molar-refractivity contribution >= 4 is 29.2 Å². The summed E-state index contributed by atoms with van der Waals surface area (Å²) >= 11 is 1.51. The molecule has 0 radical (unpaired) electrons. The van der Waals surface area contributed by atoms with Crippen molar-refractivity contribution in [3.8, 4) is 6.07 Å². The van der Waals surface area contributed by atoms with Gasteiger partial charge in [-0.05, 0) is 22.0 Å². The standard InChI is InChI=1S/C16H17N5O3S/c1-11(7-8-17)25-14-6-4-3-5-13(14)19-16(22)10-20-9-15(21(23)24)18-12(20)2/h3-6,9,11H,7,10H2,1-2H3,(H,19,22). The molecule has 8 nitrogen and oxygen atoms in total. The number of aryl methyl sites for hydroxylation is 1. The van der Waals surface area contributed by atoms with Crippen LogP contribution in [0.25, 0.3) is 0 Å². The van der Waals surface area contributed by atoms with Crippen molar-refractivity contribution in [1.82, 2.24) is 9.55 Å². The lowest BCUT2D eigenvalue weighted by Gasteiger charge is -2.13. The lowest BCUT2D eigenvalue weighted by Crippen LogP contribution is -2.19. The van der Waals surface area contributed by atoms with E-state index in [2.05, 4.69) is 16.4 Å². The molecular formula is C16H17N5O3S. The fourth-order valence-corrected chi connectivity index (χ4v) is 3.14. The number of carbonyl (C=O) groups excluding carboxylic acids is 1. The summed E-state index contributed by atoms with van der Waals surface area (Å²) in [6.07, 6.45) is 1.65. The number of nitro groups is 1. The minimum absolute atomic E-state index is 0.0700. The van der Waals surface area contributed by atoms with E-state index in [4.69, 9.17) is 5.26 Å². The van der Waals surface area contributed by atoms with Crippen LogP contribution in [0.2, 0.25) is 0 Å². The van der Waals surface area contributed by atoms with Crippen LogP contribution in [-0.4, -0.2) is 25.6 Å². The van der Waals surface area contributed by atoms with Crippen LogP contribution in [0, 0.1) is 28.4 Å². The zero-order valence-electron chi connectivity index (χ0n) is 13.8. The molecule has 1 amide bonds. The summed E-state index contributed by atoms with van der Waals surface area (Å²) in [6, 6.07) is 9.45. The van der Waals surface area contributed by atoms with Gasteiger partial charge in [-0.3, -0.25) is 9.36 Å². The number of hydrogen-bond acceptors (Lipinski definition) is 6. The summed E-state index contributed by atoms with van der Waals surface area (Å²) in [4.78, 5) is 27.1. The maximum Gasteiger partial charge on any atom is 0.381 e. The molecule has 0 bridgehead atoms. The highest BCUT2D eigenvalue weighted by atomic mass is 32.2. The maximum absolute atomic E-state index is 12.3. The van der Waals surface area contributed by atoms with Crippen LogP contribution in [0.3, 0.4) is 0 Å². The van der Waals surface area contributed by atoms with Crippen LogP contribution in [0.15, 0.2) is 35.4 Å². The van der Waals surface area contributed by atoms with Gasteiger partial charge >= 0.3 is 5.82 Å². The van der Waals surface area contributed by atoms with E-state index in [-0.39, 0.29) is 23.5 Å². The molecule has 2 aromatic rings. The number of benzene rings is 1. The number of para-hydroxylation sites is 1. The average molecular weight is 359 g/mol. The Bertz CT molecular complexity index is 827. The normalized spacial score (nSPS) is 11.6. The van der Waals surface area contributed by atoms with Crippen molar-refractivity contribution in [2.45, 2.75) is 37.0 Å². The Balaban J connectivity index is 2.08. The summed E-state index contributed by atoms with van der Waals surface area (Å²) in [7, 11) is 0. The van der Waals surface area contributed by atoms with Gasteiger partial charge in [0.25, 0.3) is 0 Å². The number of aromatic nitrogens is 2. The van der Waals surface area contributed by atoms with Gasteiger partial charge in [0.2, 0.25) is 11.7 Å². The number of hydrogen-bond donors (Lipinski definition) is 1. The van der Waals surface area contributed by atoms with Crippen LogP contribution >= 0.6 is 11.8 Å². The van der Waals surface area contributed by atoms with E-state index < -0.39 is 4.92 Å². The predicted molar refractivity (Wildman–Crippen MR) is 94.2 cm³/mol. The number of nitrogens with one attached hydrogen (secondary N) is 1. The van der Waals surface area contributed by atoms with E-state index >= 15 is 0 Å². The Kier molecular flexibility index (Phi) is 6.14. The molecule has 0 aliphatic heterocycles. The number of amides is 1. The van der Waals surface area contributed by atoms with Crippen molar-refractivity contribution in [3.05, 3.63) is 46.4 Å². The quantitative estimate of drug-likeness (QED) is 0.461. The van der Waals surface area contributed by atoms with Gasteiger partial charge < -0.3 is 15.4 Å². The number of nitrogens with zero attached hydrogens (tertiary/aromatic N) is 4. The fraction of sp³-hybridized carbons (Fsp3) is 0.312. The first-order chi connectivity index (χ1) is 11.9. The third-order valence-corrected chi connectivity index (χ3v) is 4.51. The van der Waals surface area contributed by atoms with E-state index in [1.807, 2.05) is 25.1 Å². The summed E-state index contributed by atoms with van der Waals surface area (Å²) < 4.78 is 1.43. The topological polar surface area (TPSA) is 114 Å². The number of nitriles is 1. The van der Waals surface area contributed by atoms with Gasteiger partial charge in [0.05, 0.1) is 11.8 Å². The Morgan fingerprint density at radius 2 is 2.24 bits per heavy atom. The largest absolute Gasteiger partial charge is 0.381 e. The smallest absolute Gasteiger partial charge is 0.358 e. The first-order valence-corrected chi connectivity index (χ1v) is 8.39. The van der Waals surface area contributed by atoms with Crippen LogP contribution in [-0.2, 0) is 11.3 Å². The average Bonchev–Trinajstić information content (AvgIpc) is 2.90. The minimum atomic E-state index is -0.593. The second-order valence-electron chi connectivity index (χ2n) is 5.37. The summed E-state index contributed by atoms with van der Waals surface area (Å²) in [6.45, 7) is 3.48. The van der Waals surface area contributed by atoms with Gasteiger partial charge in [0.1, 0.15) is 12.7 Å². The molecule has 1 N–H and O–H groups in total. The summed E-state index contributed by atoms with van der Waals surface area (Å²) in [5.41, 5.74) is 0.648. The highest BCUT2D eigenvalue weighted by molar-refractivity contribution is 8.00. The molecule has 0 spiro atoms. The number of carbonyl (C=O) groups is 1. The lowest BCUT2D eigenvalue weighted by atomic mass is 10.3. The number of imidazole rings is 1. The Morgan fingerprint density at radius 1 is 1.52 bits per heavy atom. The van der Waals surface area contributed by atoms with Gasteiger partial charge in [0.15, 0.2) is 0 Å². The Hall–Kier alpha value is -2.86. The zero-order valence-corrected chi connectivity index (χ0v) is 14.6. The van der Waals surface area contributed by atoms with Gasteiger partial charge in [-0.1, -0.05) is 19.1 Å². The molecule has 0 saturated carbocycles. The van der Waals surface area contributed by atoms with Crippen LogP contribution in [0.4, 0.5) is 11.5 Å². The molecule has 1 heterocycles. The molecule has 0 aliphatic rings. The number of anilines is 1. The van der Waals surface area contributed by atoms with Crippen molar-refractivity contribution in [2.75, 3.05) is 5.32 Å². The SMILES string of the molecule is Cc1nc([N+](=O)[O-])cn1CC(=O)Nc1ccccc1SC(C)CC#N. The second-order valence-corrected chi connectivity index (χ2v) is 6.85. The molecule has 1 aromatic heterocycles. The molecule has 1 aromatic carbocycles. The number of rotatable bonds is 7. The summed E-state index contributed by atoms with van der Waals surface area (Å²) in [5.74, 6) is -0.199. The maximum atomic E-state index is 12.3. The van der Waals surface area contributed by atoms with Gasteiger partial charge in [-0.25, -0.2) is 0 Å². The van der Waals surface area contributed by atoms with Gasteiger partial charge in [-0.15, -0.1) is 11.8 Å². The highest BCUT2D eigenvalue weighted by Crippen LogP contribution is 2.31. The molecular weight excluding hydrogens is 342 g/mol. The monoisotopic (exact) mass is 359 g/mol. The molecule has 1 unspecified atom stereocenters. The van der Waals surface area contributed by atoms with E-state index in [9.17, 15) is 14.9 Å². The molecule has 9 heteroatoms. The molecule has 25 heavy (non-hydrogen) atoms. The van der Waals surface area contributed by atoms with Gasteiger partial charge in [-0.2, -0.15) is 5.26 Å². The third-order valence-electron chi connectivity index (χ3n) is 3.33. The Labute approximate surface area is 149 Å². The second kappa shape index (κ2) is 8.30. The number of thioether (sulfide) groups is 1. The van der Waals surface area contributed by atoms with Crippen molar-refractivity contribution < 1.29 is 9.72 Å².